The van der Waals surface area contributed by atoms with Crippen molar-refractivity contribution in [3.05, 3.63) is 39.9 Å². The topological polar surface area (TPSA) is 35.5 Å². The molecule has 1 aliphatic rings. The molecule has 3 nitrogen and oxygen atoms in total. The van der Waals surface area contributed by atoms with Crippen molar-refractivity contribution in [3.8, 4) is 5.75 Å². The van der Waals surface area contributed by atoms with Gasteiger partial charge in [-0.3, -0.25) is 4.90 Å². The molecule has 1 heterocycles. The number of hydrogen-bond donors (Lipinski definition) is 2. The van der Waals surface area contributed by atoms with Crippen molar-refractivity contribution in [2.45, 2.75) is 26.3 Å². The average Bonchev–Trinajstić information content (AvgIpc) is 2.45. The first kappa shape index (κ1) is 21.7. The highest BCUT2D eigenvalue weighted by molar-refractivity contribution is 9.10. The van der Waals surface area contributed by atoms with Gasteiger partial charge in [0.2, 0.25) is 0 Å². The quantitative estimate of drug-likeness (QED) is 0.730. The van der Waals surface area contributed by atoms with Gasteiger partial charge in [0, 0.05) is 42.3 Å². The average molecular weight is 412 g/mol. The first-order valence-electron chi connectivity index (χ1n) is 7.10. The fraction of sp³-hybridized carbons (Fsp3) is 0.500. The van der Waals surface area contributed by atoms with Crippen LogP contribution >= 0.6 is 40.7 Å². The predicted octanol–water partition coefficient (Wildman–Crippen LogP) is 4.14. The lowest BCUT2D eigenvalue weighted by molar-refractivity contribution is 0.171. The Morgan fingerprint density at radius 2 is 1.95 bits per heavy atom. The van der Waals surface area contributed by atoms with Crippen molar-refractivity contribution in [2.75, 3.05) is 26.2 Å². The third kappa shape index (κ3) is 4.62. The zero-order valence-corrected chi connectivity index (χ0v) is 16.3. The van der Waals surface area contributed by atoms with Gasteiger partial charge in [0.25, 0.3) is 0 Å². The largest absolute Gasteiger partial charge is 0.508 e. The summed E-state index contributed by atoms with van der Waals surface area (Å²) in [6, 6.07) is 2.05. The van der Waals surface area contributed by atoms with E-state index in [1.54, 1.807) is 0 Å². The first-order chi connectivity index (χ1) is 9.56. The van der Waals surface area contributed by atoms with E-state index >= 15 is 0 Å². The maximum absolute atomic E-state index is 10.4. The Morgan fingerprint density at radius 3 is 2.50 bits per heavy atom. The van der Waals surface area contributed by atoms with E-state index in [9.17, 15) is 5.11 Å². The fourth-order valence-corrected chi connectivity index (χ4v) is 3.30. The summed E-state index contributed by atoms with van der Waals surface area (Å²) in [5.74, 6) is 0.397. The van der Waals surface area contributed by atoms with Gasteiger partial charge in [0.1, 0.15) is 5.75 Å². The molecule has 2 N–H and O–H groups in total. The van der Waals surface area contributed by atoms with Crippen LogP contribution in [0.15, 0.2) is 23.2 Å². The number of nitrogens with zero attached hydrogens (tertiary/aromatic N) is 1. The Kier molecular flexibility index (Phi) is 9.67. The summed E-state index contributed by atoms with van der Waals surface area (Å²) in [6.45, 7) is 12.0. The summed E-state index contributed by atoms with van der Waals surface area (Å²) in [4.78, 5) is 2.43. The van der Waals surface area contributed by atoms with Crippen LogP contribution in [0.4, 0.5) is 0 Å². The molecule has 0 amide bonds. The zero-order chi connectivity index (χ0) is 14.7. The van der Waals surface area contributed by atoms with Crippen LogP contribution in [0.5, 0.6) is 5.75 Å². The van der Waals surface area contributed by atoms with Crippen LogP contribution in [0, 0.1) is 13.8 Å². The number of piperazine rings is 1. The second kappa shape index (κ2) is 9.78. The monoisotopic (exact) mass is 410 g/mol. The molecule has 1 fully saturated rings. The molecule has 0 unspecified atom stereocenters. The molecule has 2 rings (SSSR count). The smallest absolute Gasteiger partial charge is 0.120 e. The van der Waals surface area contributed by atoms with Crippen LogP contribution in [0.2, 0.25) is 0 Å². The van der Waals surface area contributed by atoms with E-state index in [1.807, 2.05) is 19.1 Å². The normalized spacial score (nSPS) is 16.3. The van der Waals surface area contributed by atoms with Crippen LogP contribution < -0.4 is 5.32 Å². The van der Waals surface area contributed by atoms with Gasteiger partial charge in [-0.15, -0.1) is 31.4 Å². The number of aryl methyl sites for hydroxylation is 1. The summed E-state index contributed by atoms with van der Waals surface area (Å²) < 4.78 is 1.09. The second-order valence-electron chi connectivity index (χ2n) is 5.39. The summed E-state index contributed by atoms with van der Waals surface area (Å²) in [7, 11) is 0. The van der Waals surface area contributed by atoms with Crippen molar-refractivity contribution >= 4 is 40.7 Å². The Bertz CT molecular complexity index is 505. The molecule has 22 heavy (non-hydrogen) atoms. The Labute approximate surface area is 154 Å². The fourth-order valence-electron chi connectivity index (χ4n) is 2.97. The lowest BCUT2D eigenvalue weighted by Gasteiger charge is -2.36. The minimum Gasteiger partial charge on any atom is -0.508 e. The van der Waals surface area contributed by atoms with Crippen molar-refractivity contribution in [3.63, 3.8) is 0 Å². The van der Waals surface area contributed by atoms with Gasteiger partial charge in [-0.05, 0) is 37.5 Å². The standard InChI is InChI=1S/C16H23BrN2O.2ClH/c1-4-5-13(19-8-6-18-7-9-19)15-12(3)16(17)11(2)10-14(15)20;;/h4,10,13,18,20H,1,5-9H2,2-3H3;2*1H/t13-;;/m1../s1. The van der Waals surface area contributed by atoms with Crippen LogP contribution in [0.25, 0.3) is 0 Å². The number of rotatable bonds is 4. The maximum atomic E-state index is 10.4. The molecule has 1 aromatic rings. The highest BCUT2D eigenvalue weighted by atomic mass is 79.9. The zero-order valence-electron chi connectivity index (χ0n) is 13.1. The predicted molar refractivity (Wildman–Crippen MR) is 102 cm³/mol. The van der Waals surface area contributed by atoms with Gasteiger partial charge in [-0.2, -0.15) is 0 Å². The molecule has 1 aliphatic heterocycles. The number of aromatic hydroxyl groups is 1. The molecular formula is C16H25BrCl2N2O. The van der Waals surface area contributed by atoms with Crippen molar-refractivity contribution in [1.82, 2.24) is 10.2 Å². The number of nitrogens with one attached hydrogen (secondary N) is 1. The van der Waals surface area contributed by atoms with E-state index < -0.39 is 0 Å². The Balaban J connectivity index is 0.00000220. The highest BCUT2D eigenvalue weighted by Gasteiger charge is 2.26. The van der Waals surface area contributed by atoms with E-state index in [0.29, 0.717) is 5.75 Å². The van der Waals surface area contributed by atoms with E-state index in [2.05, 4.69) is 39.6 Å². The molecule has 1 saturated heterocycles. The number of phenolic OH excluding ortho intramolecular Hbond substituents is 1. The van der Waals surface area contributed by atoms with Crippen LogP contribution in [0.3, 0.4) is 0 Å². The molecule has 1 aromatic carbocycles. The van der Waals surface area contributed by atoms with Crippen LogP contribution in [0.1, 0.15) is 29.2 Å². The highest BCUT2D eigenvalue weighted by Crippen LogP contribution is 2.39. The van der Waals surface area contributed by atoms with Crippen LogP contribution in [-0.2, 0) is 0 Å². The van der Waals surface area contributed by atoms with Gasteiger partial charge in [-0.1, -0.05) is 22.0 Å². The lowest BCUT2D eigenvalue weighted by atomic mass is 9.94. The first-order valence-corrected chi connectivity index (χ1v) is 7.89. The summed E-state index contributed by atoms with van der Waals surface area (Å²) in [5, 5.41) is 13.8. The molecule has 0 saturated carbocycles. The van der Waals surface area contributed by atoms with Crippen molar-refractivity contribution in [2.24, 2.45) is 0 Å². The van der Waals surface area contributed by atoms with E-state index in [1.165, 1.54) is 0 Å². The minimum atomic E-state index is 0. The Hall–Kier alpha value is -0.260. The van der Waals surface area contributed by atoms with Crippen molar-refractivity contribution < 1.29 is 5.11 Å². The molecule has 126 valence electrons. The summed E-state index contributed by atoms with van der Waals surface area (Å²) >= 11 is 3.64. The molecule has 6 heteroatoms. The lowest BCUT2D eigenvalue weighted by Crippen LogP contribution is -2.45. The number of phenols is 1. The van der Waals surface area contributed by atoms with Crippen molar-refractivity contribution in [1.29, 1.82) is 0 Å². The van der Waals surface area contributed by atoms with E-state index in [4.69, 9.17) is 0 Å². The molecule has 0 spiro atoms. The van der Waals surface area contributed by atoms with Gasteiger partial charge in [-0.25, -0.2) is 0 Å². The summed E-state index contributed by atoms with van der Waals surface area (Å²) in [5.41, 5.74) is 3.23. The molecular weight excluding hydrogens is 387 g/mol. The van der Waals surface area contributed by atoms with E-state index in [-0.39, 0.29) is 30.9 Å². The van der Waals surface area contributed by atoms with Crippen LogP contribution in [-0.4, -0.2) is 36.2 Å². The SMILES string of the molecule is C=CC[C@H](c1c(O)cc(C)c(Br)c1C)N1CCNCC1.Cl.Cl. The van der Waals surface area contributed by atoms with Gasteiger partial charge in [0.15, 0.2) is 0 Å². The summed E-state index contributed by atoms with van der Waals surface area (Å²) in [6.07, 6.45) is 2.79. The van der Waals surface area contributed by atoms with Gasteiger partial charge < -0.3 is 10.4 Å². The molecule has 0 bridgehead atoms. The van der Waals surface area contributed by atoms with Gasteiger partial charge >= 0.3 is 0 Å². The number of benzene rings is 1. The maximum Gasteiger partial charge on any atom is 0.120 e. The Morgan fingerprint density at radius 1 is 1.36 bits per heavy atom. The molecule has 1 atom stereocenters. The third-order valence-electron chi connectivity index (χ3n) is 4.02. The molecule has 0 aromatic heterocycles. The van der Waals surface area contributed by atoms with Gasteiger partial charge in [0.05, 0.1) is 0 Å². The number of hydrogen-bond acceptors (Lipinski definition) is 3. The minimum absolute atomic E-state index is 0. The van der Waals surface area contributed by atoms with E-state index in [0.717, 1.165) is 53.8 Å². The second-order valence-corrected chi connectivity index (χ2v) is 6.18. The molecule has 0 aliphatic carbocycles. The third-order valence-corrected chi connectivity index (χ3v) is 5.24. The number of halogens is 3. The molecule has 0 radical (unpaired) electrons.